The van der Waals surface area contributed by atoms with Crippen LogP contribution < -0.4 is 5.56 Å². The van der Waals surface area contributed by atoms with Crippen LogP contribution in [0.3, 0.4) is 0 Å². The van der Waals surface area contributed by atoms with Gasteiger partial charge in [-0.05, 0) is 32.1 Å². The predicted molar refractivity (Wildman–Crippen MR) is 92.4 cm³/mol. The van der Waals surface area contributed by atoms with E-state index in [0.29, 0.717) is 35.8 Å². The van der Waals surface area contributed by atoms with Crippen molar-refractivity contribution in [2.24, 2.45) is 0 Å². The summed E-state index contributed by atoms with van der Waals surface area (Å²) in [7, 11) is 0. The molecule has 0 saturated carbocycles. The van der Waals surface area contributed by atoms with Crippen molar-refractivity contribution >= 4 is 28.8 Å². The molecule has 0 aliphatic carbocycles. The van der Waals surface area contributed by atoms with Crippen molar-refractivity contribution in [2.75, 3.05) is 26.0 Å². The summed E-state index contributed by atoms with van der Waals surface area (Å²) >= 11 is 1.45. The molecule has 0 atom stereocenters. The highest BCUT2D eigenvalue weighted by Gasteiger charge is 2.25. The Kier molecular flexibility index (Phi) is 5.03. The molecule has 7 nitrogen and oxygen atoms in total. The molecule has 1 saturated heterocycles. The van der Waals surface area contributed by atoms with E-state index in [1.54, 1.807) is 28.8 Å². The molecule has 1 aliphatic heterocycles. The summed E-state index contributed by atoms with van der Waals surface area (Å²) in [6.45, 7) is 3.36. The molecule has 0 aromatic carbocycles. The standard InChI is InChI=1S/C16H20N4O3S/c1-3-23-16(22)19-7-4-11(5-8-19)20-9-6-13-12(14(20)21)10-17-15(18-13)24-2/h6,9-11H,3-5,7-8H2,1-2H3. The fourth-order valence-corrected chi connectivity index (χ4v) is 3.30. The van der Waals surface area contributed by atoms with Crippen LogP contribution in [0.2, 0.25) is 0 Å². The molecular formula is C16H20N4O3S. The van der Waals surface area contributed by atoms with Gasteiger partial charge in [-0.15, -0.1) is 0 Å². The van der Waals surface area contributed by atoms with Gasteiger partial charge in [0.15, 0.2) is 5.16 Å². The normalized spacial score (nSPS) is 15.7. The molecule has 8 heteroatoms. The number of rotatable bonds is 3. The Bertz CT molecular complexity index is 799. The molecule has 0 bridgehead atoms. The van der Waals surface area contributed by atoms with E-state index < -0.39 is 0 Å². The van der Waals surface area contributed by atoms with Gasteiger partial charge in [-0.1, -0.05) is 11.8 Å². The van der Waals surface area contributed by atoms with Gasteiger partial charge in [0, 0.05) is 31.5 Å². The maximum atomic E-state index is 12.7. The van der Waals surface area contributed by atoms with E-state index in [1.807, 2.05) is 12.3 Å². The molecule has 1 aliphatic rings. The van der Waals surface area contributed by atoms with Crippen LogP contribution in [0.4, 0.5) is 4.79 Å². The lowest BCUT2D eigenvalue weighted by Gasteiger charge is -2.32. The number of aromatic nitrogens is 3. The van der Waals surface area contributed by atoms with E-state index in [9.17, 15) is 9.59 Å². The second kappa shape index (κ2) is 7.21. The van der Waals surface area contributed by atoms with Crippen molar-refractivity contribution in [1.29, 1.82) is 0 Å². The van der Waals surface area contributed by atoms with E-state index in [1.165, 1.54) is 11.8 Å². The van der Waals surface area contributed by atoms with E-state index in [0.717, 1.165) is 12.8 Å². The first-order valence-electron chi connectivity index (χ1n) is 7.97. The van der Waals surface area contributed by atoms with Gasteiger partial charge in [0.25, 0.3) is 5.56 Å². The van der Waals surface area contributed by atoms with Crippen LogP contribution in [-0.4, -0.2) is 51.5 Å². The number of ether oxygens (including phenoxy) is 1. The fraction of sp³-hybridized carbons (Fsp3) is 0.500. The number of nitrogens with zero attached hydrogens (tertiary/aromatic N) is 4. The minimum absolute atomic E-state index is 0.0743. The molecule has 2 aromatic heterocycles. The Hall–Kier alpha value is -2.09. The van der Waals surface area contributed by atoms with Crippen molar-refractivity contribution in [2.45, 2.75) is 31.0 Å². The molecule has 3 rings (SSSR count). The Morgan fingerprint density at radius 2 is 2.17 bits per heavy atom. The minimum atomic E-state index is -0.278. The summed E-state index contributed by atoms with van der Waals surface area (Å²) in [5, 5.41) is 1.19. The third-order valence-corrected chi connectivity index (χ3v) is 4.78. The average Bonchev–Trinajstić information content (AvgIpc) is 2.62. The van der Waals surface area contributed by atoms with Gasteiger partial charge in [-0.25, -0.2) is 14.8 Å². The predicted octanol–water partition coefficient (Wildman–Crippen LogP) is 2.31. The van der Waals surface area contributed by atoms with Crippen LogP contribution in [0.1, 0.15) is 25.8 Å². The number of pyridine rings is 1. The monoisotopic (exact) mass is 348 g/mol. The molecule has 128 valence electrons. The molecule has 0 radical (unpaired) electrons. The van der Waals surface area contributed by atoms with Crippen molar-refractivity contribution in [1.82, 2.24) is 19.4 Å². The molecule has 1 fully saturated rings. The smallest absolute Gasteiger partial charge is 0.409 e. The van der Waals surface area contributed by atoms with Gasteiger partial charge in [0.05, 0.1) is 17.5 Å². The zero-order valence-corrected chi connectivity index (χ0v) is 14.6. The van der Waals surface area contributed by atoms with E-state index >= 15 is 0 Å². The van der Waals surface area contributed by atoms with Crippen LogP contribution in [-0.2, 0) is 4.74 Å². The SMILES string of the molecule is CCOC(=O)N1CCC(n2ccc3nc(SC)ncc3c2=O)CC1. The lowest BCUT2D eigenvalue weighted by Crippen LogP contribution is -2.41. The number of carbonyl (C=O) groups excluding carboxylic acids is 1. The Morgan fingerprint density at radius 1 is 1.42 bits per heavy atom. The summed E-state index contributed by atoms with van der Waals surface area (Å²) in [6.07, 6.45) is 6.48. The Labute approximate surface area is 144 Å². The maximum absolute atomic E-state index is 12.7. The zero-order valence-electron chi connectivity index (χ0n) is 13.8. The topological polar surface area (TPSA) is 77.3 Å². The molecular weight excluding hydrogens is 328 g/mol. The quantitative estimate of drug-likeness (QED) is 0.626. The number of hydrogen-bond donors (Lipinski definition) is 0. The number of piperidine rings is 1. The van der Waals surface area contributed by atoms with Gasteiger partial charge < -0.3 is 14.2 Å². The minimum Gasteiger partial charge on any atom is -0.450 e. The summed E-state index contributed by atoms with van der Waals surface area (Å²) in [6, 6.07) is 1.93. The highest BCUT2D eigenvalue weighted by Crippen LogP contribution is 2.22. The maximum Gasteiger partial charge on any atom is 0.409 e. The Balaban J connectivity index is 1.80. The second-order valence-electron chi connectivity index (χ2n) is 5.60. The van der Waals surface area contributed by atoms with Crippen molar-refractivity contribution in [3.63, 3.8) is 0 Å². The Morgan fingerprint density at radius 3 is 2.83 bits per heavy atom. The first-order valence-corrected chi connectivity index (χ1v) is 9.20. The van der Waals surface area contributed by atoms with E-state index in [4.69, 9.17) is 4.74 Å². The number of hydrogen-bond acceptors (Lipinski definition) is 6. The third-order valence-electron chi connectivity index (χ3n) is 4.22. The highest BCUT2D eigenvalue weighted by atomic mass is 32.2. The molecule has 2 aromatic rings. The zero-order chi connectivity index (χ0) is 17.1. The first-order chi connectivity index (χ1) is 11.6. The van der Waals surface area contributed by atoms with Gasteiger partial charge in [0.1, 0.15) is 0 Å². The summed E-state index contributed by atoms with van der Waals surface area (Å²) in [5.41, 5.74) is 0.592. The number of carbonyl (C=O) groups is 1. The van der Waals surface area contributed by atoms with Crippen molar-refractivity contribution in [3.8, 4) is 0 Å². The lowest BCUT2D eigenvalue weighted by atomic mass is 10.0. The van der Waals surface area contributed by atoms with Crippen LogP contribution in [0.5, 0.6) is 0 Å². The number of likely N-dealkylation sites (tertiary alicyclic amines) is 1. The number of amides is 1. The highest BCUT2D eigenvalue weighted by molar-refractivity contribution is 7.98. The first kappa shape index (κ1) is 16.8. The van der Waals surface area contributed by atoms with Crippen LogP contribution >= 0.6 is 11.8 Å². The lowest BCUT2D eigenvalue weighted by molar-refractivity contribution is 0.0924. The molecule has 1 amide bonds. The van der Waals surface area contributed by atoms with E-state index in [-0.39, 0.29) is 17.7 Å². The van der Waals surface area contributed by atoms with Gasteiger partial charge >= 0.3 is 6.09 Å². The molecule has 0 unspecified atom stereocenters. The molecule has 0 spiro atoms. The molecule has 24 heavy (non-hydrogen) atoms. The van der Waals surface area contributed by atoms with Crippen molar-refractivity contribution in [3.05, 3.63) is 28.8 Å². The van der Waals surface area contributed by atoms with Gasteiger partial charge in [-0.3, -0.25) is 4.79 Å². The van der Waals surface area contributed by atoms with Crippen LogP contribution in [0.15, 0.2) is 28.4 Å². The van der Waals surface area contributed by atoms with Gasteiger partial charge in [-0.2, -0.15) is 0 Å². The van der Waals surface area contributed by atoms with Crippen LogP contribution in [0, 0.1) is 0 Å². The third kappa shape index (κ3) is 3.24. The number of thioether (sulfide) groups is 1. The largest absolute Gasteiger partial charge is 0.450 e. The van der Waals surface area contributed by atoms with Crippen molar-refractivity contribution < 1.29 is 9.53 Å². The molecule has 0 N–H and O–H groups in total. The summed E-state index contributed by atoms with van der Waals surface area (Å²) < 4.78 is 6.77. The average molecular weight is 348 g/mol. The fourth-order valence-electron chi connectivity index (χ4n) is 2.95. The van der Waals surface area contributed by atoms with Crippen LogP contribution in [0.25, 0.3) is 10.9 Å². The molecule has 3 heterocycles. The number of fused-ring (bicyclic) bond motifs is 1. The summed E-state index contributed by atoms with van der Waals surface area (Å²) in [5.74, 6) is 0. The van der Waals surface area contributed by atoms with E-state index in [2.05, 4.69) is 9.97 Å². The van der Waals surface area contributed by atoms with Gasteiger partial charge in [0.2, 0.25) is 0 Å². The second-order valence-corrected chi connectivity index (χ2v) is 6.37. The summed E-state index contributed by atoms with van der Waals surface area (Å²) in [4.78, 5) is 34.7.